The van der Waals surface area contributed by atoms with Crippen LogP contribution < -0.4 is 0 Å². The van der Waals surface area contributed by atoms with Gasteiger partial charge in [0.15, 0.2) is 0 Å². The van der Waals surface area contributed by atoms with E-state index < -0.39 is 0 Å². The Hall–Kier alpha value is -4.67. The molecule has 1 N–H and O–H groups in total. The minimum Gasteiger partial charge on any atom is -0.301 e. The largest absolute Gasteiger partial charge is 0.301 e. The van der Waals surface area contributed by atoms with Crippen LogP contribution in [0.25, 0.3) is 22.3 Å². The third kappa shape index (κ3) is 12.7. The first-order valence-electron chi connectivity index (χ1n) is 16.6. The van der Waals surface area contributed by atoms with E-state index in [4.69, 9.17) is 5.41 Å². The predicted octanol–water partition coefficient (Wildman–Crippen LogP) is 13.3. The number of allylic oxidation sites excluding steroid dienone is 17. The average Bonchev–Trinajstić information content (AvgIpc) is 3.08. The molecule has 0 heterocycles. The lowest BCUT2D eigenvalue weighted by atomic mass is 9.89. The lowest BCUT2D eigenvalue weighted by molar-refractivity contribution is 0.730. The van der Waals surface area contributed by atoms with E-state index in [2.05, 4.69) is 165 Å². The third-order valence-corrected chi connectivity index (χ3v) is 7.18. The summed E-state index contributed by atoms with van der Waals surface area (Å²) in [6, 6.07) is 17.4. The van der Waals surface area contributed by atoms with Gasteiger partial charge in [-0.15, -0.1) is 12.8 Å². The van der Waals surface area contributed by atoms with Crippen molar-refractivity contribution in [2.75, 3.05) is 0 Å². The molecule has 2 aromatic carbocycles. The molecule has 1 nitrogen and oxygen atoms in total. The molecular formula is C45H55N. The zero-order chi connectivity index (χ0) is 34.3. The Labute approximate surface area is 281 Å². The molecule has 46 heavy (non-hydrogen) atoms. The van der Waals surface area contributed by atoms with E-state index in [0.29, 0.717) is 11.6 Å². The van der Waals surface area contributed by atoms with Crippen LogP contribution in [-0.2, 0) is 0 Å². The molecular weight excluding hydrogens is 555 g/mol. The van der Waals surface area contributed by atoms with Crippen LogP contribution in [0.3, 0.4) is 0 Å². The standard InChI is InChI=1S/C40H45N.C3H8.C2H2/c1-7-12-20-31(9-3)36-27-37(29-38(28-36)34-21-14-13-15-22-34)33(11-5)25-32(10-4)35(18-8-2)26-39-24-30(6)19-16-17-23-40(39)41;1-3-2;1-2/h9-23,25-30,41H,4,7-8,24H2,1-3,5-6H3;3H2,1-2H3;1-2H/b19-16-,20-12-,23-17-,31-9+,32-25+,33-11+,35-18+,39-26+,41-40?;;. The van der Waals surface area contributed by atoms with E-state index in [0.717, 1.165) is 47.1 Å². The van der Waals surface area contributed by atoms with Crippen molar-refractivity contribution in [2.45, 2.75) is 74.1 Å². The minimum atomic E-state index is 0.374. The van der Waals surface area contributed by atoms with Crippen molar-refractivity contribution >= 4 is 16.9 Å². The highest BCUT2D eigenvalue weighted by atomic mass is 14.4. The van der Waals surface area contributed by atoms with E-state index in [-0.39, 0.29) is 0 Å². The number of hydrogen-bond donors (Lipinski definition) is 1. The van der Waals surface area contributed by atoms with Crippen LogP contribution >= 0.6 is 0 Å². The zero-order valence-electron chi connectivity index (χ0n) is 29.3. The molecule has 1 aliphatic rings. The Morgan fingerprint density at radius 2 is 1.50 bits per heavy atom. The molecule has 0 spiro atoms. The molecule has 0 saturated carbocycles. The van der Waals surface area contributed by atoms with Gasteiger partial charge in [0.05, 0.1) is 5.71 Å². The summed E-state index contributed by atoms with van der Waals surface area (Å²) in [6.45, 7) is 19.2. The van der Waals surface area contributed by atoms with Gasteiger partial charge in [-0.25, -0.2) is 0 Å². The highest BCUT2D eigenvalue weighted by molar-refractivity contribution is 6.07. The predicted molar refractivity (Wildman–Crippen MR) is 209 cm³/mol. The first kappa shape index (κ1) is 39.4. The summed E-state index contributed by atoms with van der Waals surface area (Å²) in [5, 5.41) is 8.66. The smallest absolute Gasteiger partial charge is 0.0572 e. The third-order valence-electron chi connectivity index (χ3n) is 7.18. The highest BCUT2D eigenvalue weighted by Crippen LogP contribution is 2.32. The van der Waals surface area contributed by atoms with Crippen LogP contribution in [0.5, 0.6) is 0 Å². The molecule has 3 rings (SSSR count). The van der Waals surface area contributed by atoms with Crippen molar-refractivity contribution in [1.82, 2.24) is 0 Å². The van der Waals surface area contributed by atoms with E-state index in [1.807, 2.05) is 24.3 Å². The van der Waals surface area contributed by atoms with Gasteiger partial charge in [-0.3, -0.25) is 0 Å². The van der Waals surface area contributed by atoms with Crippen molar-refractivity contribution in [3.05, 3.63) is 156 Å². The molecule has 0 radical (unpaired) electrons. The number of terminal acetylenes is 1. The normalized spacial score (nSPS) is 18.1. The second-order valence-electron chi connectivity index (χ2n) is 11.1. The average molecular weight is 610 g/mol. The van der Waals surface area contributed by atoms with Gasteiger partial charge in [0.1, 0.15) is 0 Å². The lowest BCUT2D eigenvalue weighted by Crippen LogP contribution is -2.05. The van der Waals surface area contributed by atoms with Gasteiger partial charge in [-0.05, 0) is 126 Å². The van der Waals surface area contributed by atoms with Gasteiger partial charge < -0.3 is 5.41 Å². The van der Waals surface area contributed by atoms with Crippen LogP contribution in [0, 0.1) is 24.2 Å². The van der Waals surface area contributed by atoms with Crippen molar-refractivity contribution in [3.8, 4) is 24.0 Å². The SMILES string of the molecule is C#C.C=CC(=C\C(=C/C)c1cc(C(/C=C\CC)=C/C)cc(-c2ccccc2)c1)/C(/C=C1\CC(C)/C=C\C=C/C1=N)=C/CC.CCC. The van der Waals surface area contributed by atoms with E-state index >= 15 is 0 Å². The molecule has 0 amide bonds. The molecule has 240 valence electrons. The summed E-state index contributed by atoms with van der Waals surface area (Å²) in [5.41, 5.74) is 10.9. The molecule has 2 aromatic rings. The fourth-order valence-corrected chi connectivity index (χ4v) is 4.97. The van der Waals surface area contributed by atoms with Crippen LogP contribution in [0.1, 0.15) is 85.3 Å². The highest BCUT2D eigenvalue weighted by Gasteiger charge is 2.12. The molecule has 0 saturated heterocycles. The Bertz CT molecular complexity index is 1520. The molecule has 1 atom stereocenters. The molecule has 0 aromatic heterocycles. The monoisotopic (exact) mass is 609 g/mol. The summed E-state index contributed by atoms with van der Waals surface area (Å²) in [4.78, 5) is 0. The van der Waals surface area contributed by atoms with Gasteiger partial charge >= 0.3 is 0 Å². The molecule has 0 bridgehead atoms. The summed E-state index contributed by atoms with van der Waals surface area (Å²) in [5.74, 6) is 0.374. The Kier molecular flexibility index (Phi) is 19.5. The number of benzene rings is 2. The Morgan fingerprint density at radius 3 is 2.07 bits per heavy atom. The van der Waals surface area contributed by atoms with Crippen LogP contribution in [0.15, 0.2) is 145 Å². The van der Waals surface area contributed by atoms with Gasteiger partial charge in [0.2, 0.25) is 0 Å². The summed E-state index contributed by atoms with van der Waals surface area (Å²) < 4.78 is 0. The molecule has 1 aliphatic carbocycles. The molecule has 0 fully saturated rings. The van der Waals surface area contributed by atoms with Gasteiger partial charge in [-0.2, -0.15) is 0 Å². The fourth-order valence-electron chi connectivity index (χ4n) is 4.97. The lowest BCUT2D eigenvalue weighted by Gasteiger charge is -2.15. The number of hydrogen-bond acceptors (Lipinski definition) is 1. The second-order valence-corrected chi connectivity index (χ2v) is 11.1. The quantitative estimate of drug-likeness (QED) is 0.205. The molecule has 0 aliphatic heterocycles. The van der Waals surface area contributed by atoms with E-state index in [1.165, 1.54) is 28.7 Å². The van der Waals surface area contributed by atoms with Crippen molar-refractivity contribution in [1.29, 1.82) is 5.41 Å². The number of nitrogens with one attached hydrogen (secondary N) is 1. The van der Waals surface area contributed by atoms with Gasteiger partial charge in [0, 0.05) is 0 Å². The summed E-state index contributed by atoms with van der Waals surface area (Å²) >= 11 is 0. The molecule has 1 heteroatoms. The van der Waals surface area contributed by atoms with Crippen LogP contribution in [-0.4, -0.2) is 5.71 Å². The maximum absolute atomic E-state index is 8.66. The van der Waals surface area contributed by atoms with Gasteiger partial charge in [0.25, 0.3) is 0 Å². The summed E-state index contributed by atoms with van der Waals surface area (Å²) in [6.07, 6.45) is 37.5. The fraction of sp³-hybridized carbons (Fsp3) is 0.267. The maximum Gasteiger partial charge on any atom is 0.0572 e. The maximum atomic E-state index is 8.66. The zero-order valence-corrected chi connectivity index (χ0v) is 29.3. The second kappa shape index (κ2) is 22.8. The molecule has 1 unspecified atom stereocenters. The summed E-state index contributed by atoms with van der Waals surface area (Å²) in [7, 11) is 0. The first-order valence-corrected chi connectivity index (χ1v) is 16.6. The van der Waals surface area contributed by atoms with Crippen LogP contribution in [0.4, 0.5) is 0 Å². The van der Waals surface area contributed by atoms with Crippen LogP contribution in [0.2, 0.25) is 0 Å². The Balaban J connectivity index is 0.00000199. The minimum absolute atomic E-state index is 0.374. The topological polar surface area (TPSA) is 23.9 Å². The van der Waals surface area contributed by atoms with Crippen molar-refractivity contribution < 1.29 is 0 Å². The van der Waals surface area contributed by atoms with Gasteiger partial charge in [-0.1, -0.05) is 133 Å². The van der Waals surface area contributed by atoms with E-state index in [9.17, 15) is 0 Å². The number of rotatable bonds is 10. The van der Waals surface area contributed by atoms with Crippen molar-refractivity contribution in [2.24, 2.45) is 5.92 Å². The van der Waals surface area contributed by atoms with Crippen molar-refractivity contribution in [3.63, 3.8) is 0 Å². The first-order chi connectivity index (χ1) is 22.3. The Morgan fingerprint density at radius 1 is 0.870 bits per heavy atom. The van der Waals surface area contributed by atoms with E-state index in [1.54, 1.807) is 0 Å².